The first-order valence-corrected chi connectivity index (χ1v) is 12.4. The Kier molecular flexibility index (Phi) is 8.76. The maximum atomic E-state index is 12.4. The molecule has 0 aliphatic carbocycles. The monoisotopic (exact) mass is 483 g/mol. The molecule has 4 aromatic rings. The number of hydrogen-bond donors (Lipinski definition) is 1. The van der Waals surface area contributed by atoms with Crippen molar-refractivity contribution in [2.75, 3.05) is 20.3 Å². The van der Waals surface area contributed by atoms with Crippen molar-refractivity contribution in [1.82, 2.24) is 14.9 Å². The highest BCUT2D eigenvalue weighted by molar-refractivity contribution is 5.94. The number of aromatic nitrogens is 2. The molecule has 36 heavy (non-hydrogen) atoms. The molecule has 6 heteroatoms. The van der Waals surface area contributed by atoms with Crippen molar-refractivity contribution in [3.63, 3.8) is 0 Å². The van der Waals surface area contributed by atoms with E-state index in [0.717, 1.165) is 53.3 Å². The molecule has 186 valence electrons. The number of para-hydroxylation sites is 2. The van der Waals surface area contributed by atoms with Gasteiger partial charge in [-0.3, -0.25) is 4.79 Å². The Labute approximate surface area is 212 Å². The summed E-state index contributed by atoms with van der Waals surface area (Å²) >= 11 is 0. The van der Waals surface area contributed by atoms with Crippen LogP contribution < -0.4 is 14.8 Å². The van der Waals surface area contributed by atoms with Gasteiger partial charge in [-0.15, -0.1) is 0 Å². The third-order valence-corrected chi connectivity index (χ3v) is 5.98. The zero-order valence-corrected chi connectivity index (χ0v) is 20.9. The predicted octanol–water partition coefficient (Wildman–Crippen LogP) is 5.91. The Balaban J connectivity index is 1.33. The Morgan fingerprint density at radius 3 is 2.61 bits per heavy atom. The largest absolute Gasteiger partial charge is 0.493 e. The summed E-state index contributed by atoms with van der Waals surface area (Å²) in [6, 6.07) is 23.4. The molecule has 0 spiro atoms. The van der Waals surface area contributed by atoms with Crippen LogP contribution in [0.1, 0.15) is 41.5 Å². The number of fused-ring (bicyclic) bond motifs is 1. The Bertz CT molecular complexity index is 1310. The van der Waals surface area contributed by atoms with Crippen molar-refractivity contribution in [2.45, 2.75) is 32.7 Å². The molecule has 0 saturated heterocycles. The van der Waals surface area contributed by atoms with Crippen molar-refractivity contribution in [3.8, 4) is 11.5 Å². The topological polar surface area (TPSA) is 65.4 Å². The predicted molar refractivity (Wildman–Crippen MR) is 145 cm³/mol. The normalized spacial score (nSPS) is 11.2. The lowest BCUT2D eigenvalue weighted by Crippen LogP contribution is -2.26. The number of nitrogens with one attached hydrogen (secondary N) is 1. The highest BCUT2D eigenvalue weighted by atomic mass is 16.5. The number of amides is 1. The summed E-state index contributed by atoms with van der Waals surface area (Å²) in [7, 11) is 1.66. The lowest BCUT2D eigenvalue weighted by atomic mass is 10.2. The molecule has 1 amide bonds. The molecule has 0 bridgehead atoms. The highest BCUT2D eigenvalue weighted by Gasteiger charge is 2.12. The molecular weight excluding hydrogens is 450 g/mol. The van der Waals surface area contributed by atoms with Crippen LogP contribution in [0.2, 0.25) is 0 Å². The molecule has 1 aromatic heterocycles. The third kappa shape index (κ3) is 6.33. The number of hydrogen-bond acceptors (Lipinski definition) is 4. The summed E-state index contributed by atoms with van der Waals surface area (Å²) in [5.41, 5.74) is 3.84. The van der Waals surface area contributed by atoms with E-state index in [4.69, 9.17) is 14.5 Å². The van der Waals surface area contributed by atoms with Gasteiger partial charge in [0.15, 0.2) is 11.5 Å². The van der Waals surface area contributed by atoms with Crippen LogP contribution >= 0.6 is 0 Å². The summed E-state index contributed by atoms with van der Waals surface area (Å²) in [5.74, 6) is 2.41. The molecule has 1 heterocycles. The van der Waals surface area contributed by atoms with E-state index >= 15 is 0 Å². The quantitative estimate of drug-likeness (QED) is 0.255. The molecule has 0 aliphatic heterocycles. The minimum absolute atomic E-state index is 0.0652. The number of benzene rings is 3. The number of imidazole rings is 1. The van der Waals surface area contributed by atoms with Crippen molar-refractivity contribution in [3.05, 3.63) is 95.8 Å². The molecule has 0 radical (unpaired) electrons. The molecule has 6 nitrogen and oxygen atoms in total. The Hall–Kier alpha value is -4.06. The first-order chi connectivity index (χ1) is 17.7. The first-order valence-electron chi connectivity index (χ1n) is 12.4. The standard InChI is InChI=1S/C30H33N3O3/c1-3-11-23-16-17-27(28(22-23)35-2)36-21-10-9-20-33-26-15-8-7-14-25(26)32-29(33)18-19-31-30(34)24-12-5-4-6-13-24/h3-8,11-17,22H,9-10,18-21H2,1-2H3,(H,31,34)/b11-3+. The molecule has 0 saturated carbocycles. The van der Waals surface area contributed by atoms with Crippen LogP contribution in [0.4, 0.5) is 0 Å². The second-order valence-electron chi connectivity index (χ2n) is 8.51. The van der Waals surface area contributed by atoms with Crippen LogP contribution in [-0.2, 0) is 13.0 Å². The number of aryl methyl sites for hydroxylation is 1. The number of allylic oxidation sites excluding steroid dienone is 1. The van der Waals surface area contributed by atoms with E-state index in [1.165, 1.54) is 0 Å². The SMILES string of the molecule is C/C=C/c1ccc(OCCCCn2c(CCNC(=O)c3ccccc3)nc3ccccc32)c(OC)c1. The van der Waals surface area contributed by atoms with Crippen molar-refractivity contribution in [2.24, 2.45) is 0 Å². The van der Waals surface area contributed by atoms with E-state index in [1.54, 1.807) is 7.11 Å². The van der Waals surface area contributed by atoms with Gasteiger partial charge in [0.2, 0.25) is 0 Å². The number of methoxy groups -OCH3 is 1. The summed E-state index contributed by atoms with van der Waals surface area (Å²) in [6.07, 6.45) is 6.55. The number of unbranched alkanes of at least 4 members (excludes halogenated alkanes) is 1. The molecular formula is C30H33N3O3. The number of nitrogens with zero attached hydrogens (tertiary/aromatic N) is 2. The number of rotatable bonds is 12. The zero-order valence-electron chi connectivity index (χ0n) is 20.9. The van der Waals surface area contributed by atoms with Gasteiger partial charge in [0.05, 0.1) is 24.8 Å². The Morgan fingerprint density at radius 2 is 1.81 bits per heavy atom. The van der Waals surface area contributed by atoms with Gasteiger partial charge in [0.1, 0.15) is 5.82 Å². The van der Waals surface area contributed by atoms with Crippen LogP contribution in [0.15, 0.2) is 78.9 Å². The first kappa shape index (κ1) is 25.0. The molecule has 0 fully saturated rings. The fourth-order valence-electron chi connectivity index (χ4n) is 4.20. The average Bonchev–Trinajstić information content (AvgIpc) is 3.26. The molecule has 0 unspecified atom stereocenters. The summed E-state index contributed by atoms with van der Waals surface area (Å²) < 4.78 is 13.8. The van der Waals surface area contributed by atoms with Gasteiger partial charge in [0.25, 0.3) is 5.91 Å². The molecule has 0 atom stereocenters. The second-order valence-corrected chi connectivity index (χ2v) is 8.51. The van der Waals surface area contributed by atoms with E-state index < -0.39 is 0 Å². The van der Waals surface area contributed by atoms with Crippen molar-refractivity contribution in [1.29, 1.82) is 0 Å². The summed E-state index contributed by atoms with van der Waals surface area (Å²) in [4.78, 5) is 17.2. The second kappa shape index (κ2) is 12.6. The van der Waals surface area contributed by atoms with Crippen LogP contribution in [0.5, 0.6) is 11.5 Å². The lowest BCUT2D eigenvalue weighted by Gasteiger charge is -2.13. The minimum Gasteiger partial charge on any atom is -0.493 e. The van der Waals surface area contributed by atoms with E-state index in [2.05, 4.69) is 16.0 Å². The van der Waals surface area contributed by atoms with Crippen LogP contribution in [-0.4, -0.2) is 35.7 Å². The van der Waals surface area contributed by atoms with Gasteiger partial charge in [-0.1, -0.05) is 48.6 Å². The van der Waals surface area contributed by atoms with E-state index in [1.807, 2.05) is 85.8 Å². The van der Waals surface area contributed by atoms with Gasteiger partial charge >= 0.3 is 0 Å². The van der Waals surface area contributed by atoms with Gasteiger partial charge in [0, 0.05) is 25.1 Å². The van der Waals surface area contributed by atoms with E-state index in [-0.39, 0.29) is 5.91 Å². The molecule has 4 rings (SSSR count). The molecule has 0 aliphatic rings. The third-order valence-electron chi connectivity index (χ3n) is 5.98. The fraction of sp³-hybridized carbons (Fsp3) is 0.267. The summed E-state index contributed by atoms with van der Waals surface area (Å²) in [5, 5.41) is 3.01. The van der Waals surface area contributed by atoms with Gasteiger partial charge < -0.3 is 19.4 Å². The van der Waals surface area contributed by atoms with Gasteiger partial charge in [-0.2, -0.15) is 0 Å². The molecule has 1 N–H and O–H groups in total. The Morgan fingerprint density at radius 1 is 1.00 bits per heavy atom. The number of carbonyl (C=O) groups is 1. The fourth-order valence-corrected chi connectivity index (χ4v) is 4.20. The van der Waals surface area contributed by atoms with Crippen LogP contribution in [0, 0.1) is 0 Å². The zero-order chi connectivity index (χ0) is 25.2. The molecule has 3 aromatic carbocycles. The highest BCUT2D eigenvalue weighted by Crippen LogP contribution is 2.29. The van der Waals surface area contributed by atoms with Crippen molar-refractivity contribution >= 4 is 23.0 Å². The van der Waals surface area contributed by atoms with E-state index in [0.29, 0.717) is 25.1 Å². The smallest absolute Gasteiger partial charge is 0.251 e. The summed E-state index contributed by atoms with van der Waals surface area (Å²) in [6.45, 7) is 3.97. The number of carbonyl (C=O) groups excluding carboxylic acids is 1. The van der Waals surface area contributed by atoms with Crippen LogP contribution in [0.25, 0.3) is 17.1 Å². The number of ether oxygens (including phenoxy) is 2. The van der Waals surface area contributed by atoms with Crippen LogP contribution in [0.3, 0.4) is 0 Å². The van der Waals surface area contributed by atoms with Gasteiger partial charge in [-0.05, 0) is 61.7 Å². The maximum Gasteiger partial charge on any atom is 0.251 e. The lowest BCUT2D eigenvalue weighted by molar-refractivity contribution is 0.0954. The minimum atomic E-state index is -0.0652. The maximum absolute atomic E-state index is 12.4. The van der Waals surface area contributed by atoms with E-state index in [9.17, 15) is 4.79 Å². The van der Waals surface area contributed by atoms with Gasteiger partial charge in [-0.25, -0.2) is 4.98 Å². The average molecular weight is 484 g/mol. The van der Waals surface area contributed by atoms with Crippen molar-refractivity contribution < 1.29 is 14.3 Å².